The number of aromatic nitrogens is 3. The van der Waals surface area contributed by atoms with Crippen LogP contribution in [0, 0.1) is 0 Å². The Balaban J connectivity index is 1.51. The minimum Gasteiger partial charge on any atom is -0.393 e. The summed E-state index contributed by atoms with van der Waals surface area (Å²) in [4.78, 5) is 19.2. The number of likely N-dealkylation sites (N-methyl/N-ethyl adjacent to an activating group) is 1. The Bertz CT molecular complexity index is 906. The van der Waals surface area contributed by atoms with Crippen LogP contribution in [0.4, 0.5) is 11.8 Å². The number of nitrogens with zero attached hydrogens (tertiary/aromatic N) is 5. The maximum atomic E-state index is 9.92. The van der Waals surface area contributed by atoms with Crippen molar-refractivity contribution in [2.24, 2.45) is 0 Å². The van der Waals surface area contributed by atoms with Gasteiger partial charge in [-0.1, -0.05) is 26.3 Å². The van der Waals surface area contributed by atoms with Crippen LogP contribution in [0.2, 0.25) is 0 Å². The highest BCUT2D eigenvalue weighted by Crippen LogP contribution is 2.29. The number of aliphatic hydroxyl groups is 1. The Labute approximate surface area is 210 Å². The van der Waals surface area contributed by atoms with Gasteiger partial charge < -0.3 is 20.6 Å². The summed E-state index contributed by atoms with van der Waals surface area (Å²) in [6.07, 6.45) is 10.5. The molecule has 0 radical (unpaired) electrons. The van der Waals surface area contributed by atoms with E-state index in [2.05, 4.69) is 58.4 Å². The molecule has 8 nitrogen and oxygen atoms in total. The minimum absolute atomic E-state index is 0.177. The Morgan fingerprint density at radius 1 is 1.03 bits per heavy atom. The zero-order valence-electron chi connectivity index (χ0n) is 21.7. The molecule has 1 atom stereocenters. The first kappa shape index (κ1) is 25.8. The molecule has 3 N–H and O–H groups in total. The lowest BCUT2D eigenvalue weighted by Crippen LogP contribution is -2.43. The molecule has 0 spiro atoms. The van der Waals surface area contributed by atoms with Crippen molar-refractivity contribution in [3.63, 3.8) is 0 Å². The number of hydrogen-bond donors (Lipinski definition) is 3. The van der Waals surface area contributed by atoms with Crippen LogP contribution in [-0.2, 0) is 6.54 Å². The number of aliphatic hydroxyl groups excluding tert-OH is 1. The van der Waals surface area contributed by atoms with Gasteiger partial charge in [-0.15, -0.1) is 0 Å². The highest BCUT2D eigenvalue weighted by Gasteiger charge is 2.22. The van der Waals surface area contributed by atoms with Gasteiger partial charge in [-0.25, -0.2) is 4.98 Å². The summed E-state index contributed by atoms with van der Waals surface area (Å²) >= 11 is 0. The van der Waals surface area contributed by atoms with E-state index in [-0.39, 0.29) is 6.10 Å². The number of nitrogens with one attached hydrogen (secondary N) is 2. The summed E-state index contributed by atoms with van der Waals surface area (Å²) in [6, 6.07) is 4.95. The van der Waals surface area contributed by atoms with Gasteiger partial charge in [0.05, 0.1) is 17.4 Å². The first-order valence-corrected chi connectivity index (χ1v) is 13.5. The number of hydrogen-bond acceptors (Lipinski definition) is 8. The first-order valence-electron chi connectivity index (χ1n) is 13.5. The lowest BCUT2D eigenvalue weighted by molar-refractivity contribution is 0.126. The highest BCUT2D eigenvalue weighted by atomic mass is 16.3. The molecular weight excluding hydrogens is 438 g/mol. The predicted molar refractivity (Wildman–Crippen MR) is 143 cm³/mol. The molecule has 1 aliphatic carbocycles. The average molecular weight is 482 g/mol. The second kappa shape index (κ2) is 12.6. The van der Waals surface area contributed by atoms with Gasteiger partial charge in [0.2, 0.25) is 5.95 Å². The van der Waals surface area contributed by atoms with E-state index in [0.29, 0.717) is 18.0 Å². The molecule has 1 aliphatic heterocycles. The van der Waals surface area contributed by atoms with Gasteiger partial charge >= 0.3 is 0 Å². The normalized spacial score (nSPS) is 22.6. The molecule has 1 saturated carbocycles. The standard InChI is InChI=1S/C27H43N7O/c1-4-6-21(5-2)31-27-29-18-24(26(32-27)30-22-8-10-23(35)11-9-22)25-12-7-20(17-28-25)19-34-15-13-33(3)14-16-34/h7,12,17-18,21-23,35H,4-6,8-11,13-16,19H2,1-3H3,(H2,29,30,31,32)/t21-,22?,23?/m0/s1. The molecular formula is C27H43N7O. The molecule has 0 amide bonds. The van der Waals surface area contributed by atoms with Crippen molar-refractivity contribution in [1.82, 2.24) is 24.8 Å². The summed E-state index contributed by atoms with van der Waals surface area (Å²) in [7, 11) is 2.18. The quantitative estimate of drug-likeness (QED) is 0.469. The van der Waals surface area contributed by atoms with E-state index in [0.717, 1.165) is 94.7 Å². The Hall–Kier alpha value is -2.29. The fourth-order valence-corrected chi connectivity index (χ4v) is 5.01. The van der Waals surface area contributed by atoms with Crippen molar-refractivity contribution in [2.45, 2.75) is 83.5 Å². The molecule has 0 bridgehead atoms. The van der Waals surface area contributed by atoms with Gasteiger partial charge in [0.1, 0.15) is 5.82 Å². The maximum absolute atomic E-state index is 9.92. The smallest absolute Gasteiger partial charge is 0.224 e. The van der Waals surface area contributed by atoms with Gasteiger partial charge in [-0.05, 0) is 57.2 Å². The third kappa shape index (κ3) is 7.35. The summed E-state index contributed by atoms with van der Waals surface area (Å²) < 4.78 is 0. The Morgan fingerprint density at radius 3 is 2.46 bits per heavy atom. The summed E-state index contributed by atoms with van der Waals surface area (Å²) in [6.45, 7) is 9.77. The van der Waals surface area contributed by atoms with Crippen LogP contribution in [0.15, 0.2) is 24.5 Å². The van der Waals surface area contributed by atoms with Gasteiger partial charge in [0, 0.05) is 57.2 Å². The van der Waals surface area contributed by atoms with Crippen LogP contribution in [0.25, 0.3) is 11.3 Å². The van der Waals surface area contributed by atoms with Gasteiger partial charge in [0.15, 0.2) is 0 Å². The van der Waals surface area contributed by atoms with E-state index in [1.165, 1.54) is 5.56 Å². The maximum Gasteiger partial charge on any atom is 0.224 e. The topological polar surface area (TPSA) is 89.4 Å². The van der Waals surface area contributed by atoms with Crippen molar-refractivity contribution in [3.05, 3.63) is 30.1 Å². The van der Waals surface area contributed by atoms with Crippen molar-refractivity contribution in [3.8, 4) is 11.3 Å². The van der Waals surface area contributed by atoms with Crippen molar-refractivity contribution < 1.29 is 5.11 Å². The summed E-state index contributed by atoms with van der Waals surface area (Å²) in [5.41, 5.74) is 3.05. The number of rotatable bonds is 10. The third-order valence-corrected chi connectivity index (χ3v) is 7.39. The second-order valence-electron chi connectivity index (χ2n) is 10.3. The molecule has 8 heteroatoms. The number of pyridine rings is 1. The van der Waals surface area contributed by atoms with Crippen LogP contribution in [-0.4, -0.2) is 81.3 Å². The average Bonchev–Trinajstić information content (AvgIpc) is 2.87. The van der Waals surface area contributed by atoms with Crippen molar-refractivity contribution >= 4 is 11.8 Å². The molecule has 2 aromatic heterocycles. The van der Waals surface area contributed by atoms with E-state index in [1.54, 1.807) is 0 Å². The second-order valence-corrected chi connectivity index (χ2v) is 10.3. The fraction of sp³-hybridized carbons (Fsp3) is 0.667. The molecule has 4 rings (SSSR count). The van der Waals surface area contributed by atoms with Crippen LogP contribution >= 0.6 is 0 Å². The Morgan fingerprint density at radius 2 is 1.80 bits per heavy atom. The Kier molecular flexibility index (Phi) is 9.29. The largest absolute Gasteiger partial charge is 0.393 e. The van der Waals surface area contributed by atoms with Crippen LogP contribution < -0.4 is 10.6 Å². The lowest BCUT2D eigenvalue weighted by atomic mass is 9.93. The molecule has 2 aliphatic rings. The van der Waals surface area contributed by atoms with E-state index < -0.39 is 0 Å². The predicted octanol–water partition coefficient (Wildman–Crippen LogP) is 3.99. The van der Waals surface area contributed by atoms with Crippen LogP contribution in [0.1, 0.15) is 64.4 Å². The first-order chi connectivity index (χ1) is 17.0. The zero-order valence-corrected chi connectivity index (χ0v) is 21.7. The van der Waals surface area contributed by atoms with Crippen molar-refractivity contribution in [1.29, 1.82) is 0 Å². The lowest BCUT2D eigenvalue weighted by Gasteiger charge is -2.32. The molecule has 3 heterocycles. The van der Waals surface area contributed by atoms with Gasteiger partial charge in [-0.3, -0.25) is 9.88 Å². The van der Waals surface area contributed by atoms with Crippen molar-refractivity contribution in [2.75, 3.05) is 43.9 Å². The third-order valence-electron chi connectivity index (χ3n) is 7.39. The van der Waals surface area contributed by atoms with E-state index >= 15 is 0 Å². The molecule has 0 unspecified atom stereocenters. The molecule has 192 valence electrons. The monoisotopic (exact) mass is 481 g/mol. The molecule has 2 aromatic rings. The number of piperazine rings is 1. The minimum atomic E-state index is -0.177. The van der Waals surface area contributed by atoms with E-state index in [4.69, 9.17) is 9.97 Å². The summed E-state index contributed by atoms with van der Waals surface area (Å²) in [5, 5.41) is 17.1. The number of anilines is 2. The van der Waals surface area contributed by atoms with Crippen LogP contribution in [0.3, 0.4) is 0 Å². The molecule has 1 saturated heterocycles. The van der Waals surface area contributed by atoms with Gasteiger partial charge in [0.25, 0.3) is 0 Å². The molecule has 2 fully saturated rings. The zero-order chi connectivity index (χ0) is 24.6. The fourth-order valence-electron chi connectivity index (χ4n) is 5.01. The van der Waals surface area contributed by atoms with E-state index in [1.807, 2.05) is 12.4 Å². The van der Waals surface area contributed by atoms with E-state index in [9.17, 15) is 5.11 Å². The highest BCUT2D eigenvalue weighted by molar-refractivity contribution is 5.73. The summed E-state index contributed by atoms with van der Waals surface area (Å²) in [5.74, 6) is 1.49. The molecule has 0 aromatic carbocycles. The molecule has 35 heavy (non-hydrogen) atoms. The van der Waals surface area contributed by atoms with Gasteiger partial charge in [-0.2, -0.15) is 4.98 Å². The van der Waals surface area contributed by atoms with Crippen LogP contribution in [0.5, 0.6) is 0 Å². The SMILES string of the molecule is CCC[C@H](CC)Nc1ncc(-c2ccc(CN3CCN(C)CC3)cn2)c(NC2CCC(O)CC2)n1.